The molecule has 90 valence electrons. The molecule has 0 amide bonds. The molecule has 2 aromatic rings. The highest BCUT2D eigenvalue weighted by atomic mass is 35.5. The fourth-order valence-corrected chi connectivity index (χ4v) is 1.67. The van der Waals surface area contributed by atoms with Gasteiger partial charge in [0.15, 0.2) is 5.69 Å². The highest BCUT2D eigenvalue weighted by molar-refractivity contribution is 6.15. The van der Waals surface area contributed by atoms with E-state index in [-0.39, 0.29) is 6.00 Å². The molecule has 0 atom stereocenters. The van der Waals surface area contributed by atoms with Crippen LogP contribution in [0.4, 0.5) is 13.2 Å². The summed E-state index contributed by atoms with van der Waals surface area (Å²) in [4.78, 5) is 0. The van der Waals surface area contributed by atoms with Crippen LogP contribution in [0.1, 0.15) is 5.69 Å². The van der Waals surface area contributed by atoms with Crippen LogP contribution in [0.5, 0.6) is 0 Å². The molecule has 2 rings (SSSR count). The van der Waals surface area contributed by atoms with Crippen molar-refractivity contribution in [1.82, 2.24) is 9.78 Å². The van der Waals surface area contributed by atoms with Crippen molar-refractivity contribution < 1.29 is 13.2 Å². The molecule has 1 aromatic heterocycles. The Morgan fingerprint density at radius 3 is 2.35 bits per heavy atom. The van der Waals surface area contributed by atoms with E-state index in [0.717, 1.165) is 10.7 Å². The maximum atomic E-state index is 12.5. The SMILES string of the molecule is FC(F)(F)c1cc(-c2ccccc2)n(CCl)n1. The Kier molecular flexibility index (Phi) is 3.11. The van der Waals surface area contributed by atoms with Crippen LogP contribution in [0.25, 0.3) is 11.3 Å². The third-order valence-electron chi connectivity index (χ3n) is 2.25. The van der Waals surface area contributed by atoms with Gasteiger partial charge in [0.25, 0.3) is 0 Å². The number of nitrogens with zero attached hydrogens (tertiary/aromatic N) is 2. The van der Waals surface area contributed by atoms with Gasteiger partial charge in [-0.15, -0.1) is 11.6 Å². The number of hydrogen-bond acceptors (Lipinski definition) is 1. The molecule has 2 nitrogen and oxygen atoms in total. The summed E-state index contributed by atoms with van der Waals surface area (Å²) in [5.41, 5.74) is 0.0704. The summed E-state index contributed by atoms with van der Waals surface area (Å²) in [7, 11) is 0. The highest BCUT2D eigenvalue weighted by Crippen LogP contribution is 2.31. The summed E-state index contributed by atoms with van der Waals surface area (Å²) in [5.74, 6) is 0. The normalized spacial score (nSPS) is 11.8. The van der Waals surface area contributed by atoms with E-state index in [1.54, 1.807) is 30.3 Å². The van der Waals surface area contributed by atoms with Gasteiger partial charge in [-0.25, -0.2) is 4.68 Å². The van der Waals surface area contributed by atoms with Crippen LogP contribution in [0, 0.1) is 0 Å². The van der Waals surface area contributed by atoms with Crippen LogP contribution in [-0.2, 0) is 12.2 Å². The van der Waals surface area contributed by atoms with E-state index in [9.17, 15) is 13.2 Å². The molecule has 0 bridgehead atoms. The second-order valence-electron chi connectivity index (χ2n) is 3.40. The Bertz CT molecular complexity index is 505. The van der Waals surface area contributed by atoms with Crippen LogP contribution in [0.15, 0.2) is 36.4 Å². The van der Waals surface area contributed by atoms with Crippen LogP contribution in [0.2, 0.25) is 0 Å². The number of hydrogen-bond donors (Lipinski definition) is 0. The van der Waals surface area contributed by atoms with Crippen molar-refractivity contribution in [3.05, 3.63) is 42.1 Å². The Labute approximate surface area is 101 Å². The average molecular weight is 261 g/mol. The molecule has 1 aromatic carbocycles. The summed E-state index contributed by atoms with van der Waals surface area (Å²) in [6.07, 6.45) is -4.46. The predicted molar refractivity (Wildman–Crippen MR) is 58.5 cm³/mol. The number of rotatable bonds is 2. The zero-order valence-electron chi connectivity index (χ0n) is 8.58. The quantitative estimate of drug-likeness (QED) is 0.752. The summed E-state index contributed by atoms with van der Waals surface area (Å²) in [6, 6.07) is 9.57. The third kappa shape index (κ3) is 2.44. The molecule has 17 heavy (non-hydrogen) atoms. The highest BCUT2D eigenvalue weighted by Gasteiger charge is 2.34. The lowest BCUT2D eigenvalue weighted by Gasteiger charge is -2.02. The number of aromatic nitrogens is 2. The van der Waals surface area contributed by atoms with Crippen molar-refractivity contribution in [3.63, 3.8) is 0 Å². The van der Waals surface area contributed by atoms with Gasteiger partial charge in [-0.2, -0.15) is 18.3 Å². The molecule has 0 saturated carbocycles. The van der Waals surface area contributed by atoms with Crippen molar-refractivity contribution in [2.24, 2.45) is 0 Å². The first-order valence-corrected chi connectivity index (χ1v) is 5.32. The van der Waals surface area contributed by atoms with E-state index in [0.29, 0.717) is 11.3 Å². The smallest absolute Gasteiger partial charge is 0.249 e. The average Bonchev–Trinajstić information content (AvgIpc) is 2.73. The van der Waals surface area contributed by atoms with Gasteiger partial charge < -0.3 is 0 Å². The van der Waals surface area contributed by atoms with Crippen LogP contribution < -0.4 is 0 Å². The van der Waals surface area contributed by atoms with Gasteiger partial charge in [0.1, 0.15) is 6.00 Å². The Hall–Kier alpha value is -1.49. The molecule has 0 radical (unpaired) electrons. The van der Waals surface area contributed by atoms with Gasteiger partial charge in [-0.05, 0) is 11.6 Å². The second-order valence-corrected chi connectivity index (χ2v) is 3.64. The summed E-state index contributed by atoms with van der Waals surface area (Å²) in [6.45, 7) is 0. The first kappa shape index (κ1) is 12.0. The van der Waals surface area contributed by atoms with Gasteiger partial charge in [-0.3, -0.25) is 0 Å². The van der Waals surface area contributed by atoms with E-state index in [4.69, 9.17) is 11.6 Å². The van der Waals surface area contributed by atoms with Crippen molar-refractivity contribution in [2.45, 2.75) is 12.2 Å². The number of alkyl halides is 4. The van der Waals surface area contributed by atoms with Gasteiger partial charge in [0.2, 0.25) is 0 Å². The minimum Gasteiger partial charge on any atom is -0.249 e. The molecule has 0 unspecified atom stereocenters. The lowest BCUT2D eigenvalue weighted by molar-refractivity contribution is -0.141. The van der Waals surface area contributed by atoms with Crippen molar-refractivity contribution >= 4 is 11.6 Å². The maximum Gasteiger partial charge on any atom is 0.435 e. The van der Waals surface area contributed by atoms with Gasteiger partial charge >= 0.3 is 6.18 Å². The number of halogens is 4. The fraction of sp³-hybridized carbons (Fsp3) is 0.182. The molecular formula is C11H8ClF3N2. The van der Waals surface area contributed by atoms with Crippen LogP contribution >= 0.6 is 11.6 Å². The predicted octanol–water partition coefficient (Wildman–Crippen LogP) is 3.77. The molecule has 1 heterocycles. The maximum absolute atomic E-state index is 12.5. The summed E-state index contributed by atoms with van der Waals surface area (Å²) >= 11 is 5.58. The molecule has 0 saturated heterocycles. The Morgan fingerprint density at radius 1 is 1.18 bits per heavy atom. The minimum absolute atomic E-state index is 0.125. The molecule has 0 aliphatic heterocycles. The van der Waals surface area contributed by atoms with Crippen LogP contribution in [0.3, 0.4) is 0 Å². The number of benzene rings is 1. The zero-order valence-corrected chi connectivity index (χ0v) is 9.33. The van der Waals surface area contributed by atoms with Crippen molar-refractivity contribution in [3.8, 4) is 11.3 Å². The topological polar surface area (TPSA) is 17.8 Å². The van der Waals surface area contributed by atoms with Gasteiger partial charge in [0, 0.05) is 0 Å². The molecular weight excluding hydrogens is 253 g/mol. The van der Waals surface area contributed by atoms with Crippen molar-refractivity contribution in [1.29, 1.82) is 0 Å². The van der Waals surface area contributed by atoms with Crippen LogP contribution in [-0.4, -0.2) is 9.78 Å². The molecule has 0 aliphatic carbocycles. The largest absolute Gasteiger partial charge is 0.435 e. The molecule has 0 fully saturated rings. The van der Waals surface area contributed by atoms with E-state index in [1.165, 1.54) is 0 Å². The standard InChI is InChI=1S/C11H8ClF3N2/c12-7-17-9(8-4-2-1-3-5-8)6-10(16-17)11(13,14)15/h1-6H,7H2. The lowest BCUT2D eigenvalue weighted by atomic mass is 10.1. The Morgan fingerprint density at radius 2 is 1.82 bits per heavy atom. The monoisotopic (exact) mass is 260 g/mol. The van der Waals surface area contributed by atoms with E-state index in [1.807, 2.05) is 0 Å². The van der Waals surface area contributed by atoms with E-state index in [2.05, 4.69) is 5.10 Å². The molecule has 0 N–H and O–H groups in total. The van der Waals surface area contributed by atoms with Gasteiger partial charge in [-0.1, -0.05) is 30.3 Å². The van der Waals surface area contributed by atoms with E-state index >= 15 is 0 Å². The second kappa shape index (κ2) is 4.41. The summed E-state index contributed by atoms with van der Waals surface area (Å²) in [5, 5.41) is 3.44. The summed E-state index contributed by atoms with van der Waals surface area (Å²) < 4.78 is 38.7. The third-order valence-corrected chi connectivity index (χ3v) is 2.48. The first-order valence-electron chi connectivity index (χ1n) is 4.79. The van der Waals surface area contributed by atoms with E-state index < -0.39 is 11.9 Å². The molecule has 0 spiro atoms. The lowest BCUT2D eigenvalue weighted by Crippen LogP contribution is -2.07. The zero-order chi connectivity index (χ0) is 12.5. The Balaban J connectivity index is 2.51. The van der Waals surface area contributed by atoms with Gasteiger partial charge in [0.05, 0.1) is 5.69 Å². The first-order chi connectivity index (χ1) is 8.02. The van der Waals surface area contributed by atoms with Crippen molar-refractivity contribution in [2.75, 3.05) is 0 Å². The minimum atomic E-state index is -4.46. The molecule has 0 aliphatic rings. The fourth-order valence-electron chi connectivity index (χ4n) is 1.49. The molecule has 6 heteroatoms.